The maximum Gasteiger partial charge on any atom is 0.123 e. The Bertz CT molecular complexity index is 241. The molecule has 12 heavy (non-hydrogen) atoms. The summed E-state index contributed by atoms with van der Waals surface area (Å²) in [7, 11) is 0. The van der Waals surface area contributed by atoms with Gasteiger partial charge in [-0.25, -0.2) is 0 Å². The topological polar surface area (TPSA) is 40.2 Å². The Morgan fingerprint density at radius 2 is 2.42 bits per heavy atom. The predicted octanol–water partition coefficient (Wildman–Crippen LogP) is 2.10. The van der Waals surface area contributed by atoms with Crippen LogP contribution in [0.5, 0.6) is 0 Å². The SMILES string of the molecule is CCN(Cc1ccco1)C(C)=N. The lowest BCUT2D eigenvalue weighted by Gasteiger charge is -2.19. The van der Waals surface area contributed by atoms with Gasteiger partial charge in [-0.15, -0.1) is 0 Å². The van der Waals surface area contributed by atoms with Crippen LogP contribution in [-0.2, 0) is 6.54 Å². The Labute approximate surface area is 72.5 Å². The zero-order valence-corrected chi connectivity index (χ0v) is 7.50. The average Bonchev–Trinajstić information content (AvgIpc) is 2.51. The smallest absolute Gasteiger partial charge is 0.123 e. The molecule has 0 bridgehead atoms. The quantitative estimate of drug-likeness (QED) is 0.551. The highest BCUT2D eigenvalue weighted by Crippen LogP contribution is 2.04. The van der Waals surface area contributed by atoms with Crippen molar-refractivity contribution in [3.05, 3.63) is 24.2 Å². The lowest BCUT2D eigenvalue weighted by Crippen LogP contribution is -2.26. The number of rotatable bonds is 3. The normalized spacial score (nSPS) is 9.83. The van der Waals surface area contributed by atoms with Crippen molar-refractivity contribution in [3.8, 4) is 0 Å². The second-order valence-corrected chi connectivity index (χ2v) is 2.68. The molecule has 3 heteroatoms. The van der Waals surface area contributed by atoms with Crippen LogP contribution in [0.4, 0.5) is 0 Å². The van der Waals surface area contributed by atoms with Crippen molar-refractivity contribution in [2.75, 3.05) is 6.54 Å². The average molecular weight is 166 g/mol. The van der Waals surface area contributed by atoms with E-state index in [0.29, 0.717) is 12.4 Å². The summed E-state index contributed by atoms with van der Waals surface area (Å²) in [5.41, 5.74) is 0. The first-order valence-electron chi connectivity index (χ1n) is 4.06. The van der Waals surface area contributed by atoms with Gasteiger partial charge in [0, 0.05) is 6.54 Å². The lowest BCUT2D eigenvalue weighted by atomic mass is 10.4. The van der Waals surface area contributed by atoms with Crippen molar-refractivity contribution < 1.29 is 4.42 Å². The van der Waals surface area contributed by atoms with Crippen molar-refractivity contribution >= 4 is 5.84 Å². The van der Waals surface area contributed by atoms with Gasteiger partial charge < -0.3 is 9.32 Å². The van der Waals surface area contributed by atoms with E-state index in [4.69, 9.17) is 9.83 Å². The molecule has 0 aliphatic carbocycles. The van der Waals surface area contributed by atoms with Gasteiger partial charge in [-0.1, -0.05) is 0 Å². The fourth-order valence-corrected chi connectivity index (χ4v) is 1.06. The molecule has 0 saturated carbocycles. The molecule has 0 aliphatic heterocycles. The van der Waals surface area contributed by atoms with Gasteiger partial charge in [0.1, 0.15) is 5.76 Å². The number of amidine groups is 1. The number of furan rings is 1. The molecule has 0 unspecified atom stereocenters. The molecular formula is C9H14N2O. The molecular weight excluding hydrogens is 152 g/mol. The monoisotopic (exact) mass is 166 g/mol. The first-order valence-corrected chi connectivity index (χ1v) is 4.06. The van der Waals surface area contributed by atoms with E-state index in [9.17, 15) is 0 Å². The molecule has 1 aromatic rings. The van der Waals surface area contributed by atoms with Gasteiger partial charge in [0.05, 0.1) is 18.6 Å². The largest absolute Gasteiger partial charge is 0.467 e. The van der Waals surface area contributed by atoms with E-state index in [-0.39, 0.29) is 0 Å². The summed E-state index contributed by atoms with van der Waals surface area (Å²) < 4.78 is 5.18. The van der Waals surface area contributed by atoms with E-state index in [1.165, 1.54) is 0 Å². The Morgan fingerprint density at radius 3 is 2.83 bits per heavy atom. The first kappa shape index (κ1) is 8.84. The summed E-state index contributed by atoms with van der Waals surface area (Å²) in [6, 6.07) is 3.79. The summed E-state index contributed by atoms with van der Waals surface area (Å²) in [6.07, 6.45) is 1.66. The molecule has 0 spiro atoms. The maximum atomic E-state index is 7.44. The summed E-state index contributed by atoms with van der Waals surface area (Å²) in [5, 5.41) is 7.44. The van der Waals surface area contributed by atoms with E-state index in [0.717, 1.165) is 12.3 Å². The molecule has 0 aromatic carbocycles. The van der Waals surface area contributed by atoms with Gasteiger partial charge in [-0.2, -0.15) is 0 Å². The molecule has 66 valence electrons. The van der Waals surface area contributed by atoms with E-state index in [2.05, 4.69) is 0 Å². The highest BCUT2D eigenvalue weighted by Gasteiger charge is 2.04. The van der Waals surface area contributed by atoms with Gasteiger partial charge >= 0.3 is 0 Å². The molecule has 1 aromatic heterocycles. The van der Waals surface area contributed by atoms with Crippen LogP contribution in [0.3, 0.4) is 0 Å². The van der Waals surface area contributed by atoms with Crippen LogP contribution >= 0.6 is 0 Å². The Hall–Kier alpha value is -1.25. The minimum atomic E-state index is 0.578. The third-order valence-electron chi connectivity index (χ3n) is 1.78. The highest BCUT2D eigenvalue weighted by molar-refractivity contribution is 5.76. The fourth-order valence-electron chi connectivity index (χ4n) is 1.06. The van der Waals surface area contributed by atoms with E-state index in [1.54, 1.807) is 13.2 Å². The second-order valence-electron chi connectivity index (χ2n) is 2.68. The highest BCUT2D eigenvalue weighted by atomic mass is 16.3. The standard InChI is InChI=1S/C9H14N2O/c1-3-11(8(2)10)7-9-5-4-6-12-9/h4-6,10H,3,7H2,1-2H3. The molecule has 0 fully saturated rings. The van der Waals surface area contributed by atoms with Gasteiger partial charge in [-0.3, -0.25) is 5.41 Å². The maximum absolute atomic E-state index is 7.44. The van der Waals surface area contributed by atoms with Crippen molar-refractivity contribution in [1.82, 2.24) is 4.90 Å². The molecule has 1 rings (SSSR count). The minimum absolute atomic E-state index is 0.578. The Balaban J connectivity index is 2.54. The van der Waals surface area contributed by atoms with Crippen molar-refractivity contribution in [2.45, 2.75) is 20.4 Å². The Morgan fingerprint density at radius 1 is 1.67 bits per heavy atom. The van der Waals surface area contributed by atoms with Crippen molar-refractivity contribution in [3.63, 3.8) is 0 Å². The number of nitrogens with zero attached hydrogens (tertiary/aromatic N) is 1. The van der Waals surface area contributed by atoms with E-state index < -0.39 is 0 Å². The zero-order chi connectivity index (χ0) is 8.97. The fraction of sp³-hybridized carbons (Fsp3) is 0.444. The van der Waals surface area contributed by atoms with Crippen LogP contribution in [0, 0.1) is 5.41 Å². The van der Waals surface area contributed by atoms with Gasteiger partial charge in [0.15, 0.2) is 0 Å². The van der Waals surface area contributed by atoms with Gasteiger partial charge in [0.25, 0.3) is 0 Å². The van der Waals surface area contributed by atoms with Crippen molar-refractivity contribution in [2.24, 2.45) is 0 Å². The van der Waals surface area contributed by atoms with Crippen LogP contribution < -0.4 is 0 Å². The van der Waals surface area contributed by atoms with Crippen LogP contribution in [0.15, 0.2) is 22.8 Å². The lowest BCUT2D eigenvalue weighted by molar-refractivity contribution is 0.372. The minimum Gasteiger partial charge on any atom is -0.467 e. The second kappa shape index (κ2) is 3.95. The molecule has 0 radical (unpaired) electrons. The zero-order valence-electron chi connectivity index (χ0n) is 7.50. The number of hydrogen-bond acceptors (Lipinski definition) is 2. The molecule has 3 nitrogen and oxygen atoms in total. The predicted molar refractivity (Wildman–Crippen MR) is 48.2 cm³/mol. The Kier molecular flexibility index (Phi) is 2.91. The third kappa shape index (κ3) is 2.12. The van der Waals surface area contributed by atoms with E-state index >= 15 is 0 Å². The van der Waals surface area contributed by atoms with Gasteiger partial charge in [-0.05, 0) is 26.0 Å². The molecule has 0 saturated heterocycles. The summed E-state index contributed by atoms with van der Waals surface area (Å²) in [5.74, 6) is 1.48. The summed E-state index contributed by atoms with van der Waals surface area (Å²) in [6.45, 7) is 5.35. The van der Waals surface area contributed by atoms with Gasteiger partial charge in [0.2, 0.25) is 0 Å². The van der Waals surface area contributed by atoms with Crippen LogP contribution in [0.25, 0.3) is 0 Å². The van der Waals surface area contributed by atoms with Crippen LogP contribution in [-0.4, -0.2) is 17.3 Å². The molecule has 0 aliphatic rings. The van der Waals surface area contributed by atoms with Crippen LogP contribution in [0.1, 0.15) is 19.6 Å². The molecule has 1 heterocycles. The molecule has 0 amide bonds. The van der Waals surface area contributed by atoms with E-state index in [1.807, 2.05) is 24.0 Å². The molecule has 0 atom stereocenters. The first-order chi connectivity index (χ1) is 5.74. The summed E-state index contributed by atoms with van der Waals surface area (Å²) in [4.78, 5) is 1.94. The number of nitrogens with one attached hydrogen (secondary N) is 1. The summed E-state index contributed by atoms with van der Waals surface area (Å²) >= 11 is 0. The van der Waals surface area contributed by atoms with Crippen LogP contribution in [0.2, 0.25) is 0 Å². The third-order valence-corrected chi connectivity index (χ3v) is 1.78. The van der Waals surface area contributed by atoms with Crippen molar-refractivity contribution in [1.29, 1.82) is 5.41 Å². The number of hydrogen-bond donors (Lipinski definition) is 1. The molecule has 1 N–H and O–H groups in total.